The lowest BCUT2D eigenvalue weighted by atomic mass is 10.00. The Kier molecular flexibility index (Phi) is 4.71. The van der Waals surface area contributed by atoms with Crippen LogP contribution in [0.15, 0.2) is 47.6 Å². The normalized spacial score (nSPS) is 16.9. The number of hydrogen-bond donors (Lipinski definition) is 1. The first-order valence-corrected chi connectivity index (χ1v) is 8.00. The van der Waals surface area contributed by atoms with Crippen molar-refractivity contribution in [2.24, 2.45) is 10.8 Å². The van der Waals surface area contributed by atoms with Crippen molar-refractivity contribution in [1.82, 2.24) is 0 Å². The van der Waals surface area contributed by atoms with E-state index in [2.05, 4.69) is 31.2 Å². The van der Waals surface area contributed by atoms with Crippen molar-refractivity contribution >= 4 is 11.4 Å². The SMILES string of the molecule is COc1ccc(OC)c(N2N=C(CN)CC2c2ccc(C)cc2)c1. The Morgan fingerprint density at radius 3 is 2.50 bits per heavy atom. The molecule has 0 bridgehead atoms. The maximum Gasteiger partial charge on any atom is 0.144 e. The van der Waals surface area contributed by atoms with Crippen LogP contribution in [0.5, 0.6) is 11.5 Å². The fourth-order valence-corrected chi connectivity index (χ4v) is 2.94. The molecular formula is C19H23N3O2. The molecule has 1 atom stereocenters. The van der Waals surface area contributed by atoms with Crippen LogP contribution in [0.3, 0.4) is 0 Å². The predicted molar refractivity (Wildman–Crippen MR) is 97.1 cm³/mol. The monoisotopic (exact) mass is 325 g/mol. The Labute approximate surface area is 142 Å². The molecule has 0 fully saturated rings. The van der Waals surface area contributed by atoms with Crippen LogP contribution < -0.4 is 20.2 Å². The summed E-state index contributed by atoms with van der Waals surface area (Å²) in [6.45, 7) is 2.54. The van der Waals surface area contributed by atoms with Crippen LogP contribution in [0.25, 0.3) is 0 Å². The fraction of sp³-hybridized carbons (Fsp3) is 0.316. The molecule has 1 heterocycles. The molecule has 0 saturated heterocycles. The third-order valence-electron chi connectivity index (χ3n) is 4.30. The van der Waals surface area contributed by atoms with Crippen molar-refractivity contribution in [3.8, 4) is 11.5 Å². The molecule has 0 aliphatic carbocycles. The van der Waals surface area contributed by atoms with Gasteiger partial charge < -0.3 is 15.2 Å². The van der Waals surface area contributed by atoms with Crippen LogP contribution in [0, 0.1) is 6.92 Å². The van der Waals surface area contributed by atoms with Gasteiger partial charge in [-0.25, -0.2) is 0 Å². The Morgan fingerprint density at radius 2 is 1.88 bits per heavy atom. The van der Waals surface area contributed by atoms with Gasteiger partial charge in [-0.15, -0.1) is 0 Å². The van der Waals surface area contributed by atoms with Crippen LogP contribution in [0.1, 0.15) is 23.6 Å². The quantitative estimate of drug-likeness (QED) is 0.916. The highest BCUT2D eigenvalue weighted by atomic mass is 16.5. The molecule has 2 aromatic rings. The molecule has 2 aromatic carbocycles. The zero-order chi connectivity index (χ0) is 17.1. The lowest BCUT2D eigenvalue weighted by Crippen LogP contribution is -2.19. The zero-order valence-electron chi connectivity index (χ0n) is 14.3. The minimum absolute atomic E-state index is 0.102. The van der Waals surface area contributed by atoms with Crippen LogP contribution in [0.2, 0.25) is 0 Å². The molecule has 3 rings (SSSR count). The van der Waals surface area contributed by atoms with E-state index >= 15 is 0 Å². The largest absolute Gasteiger partial charge is 0.497 e. The van der Waals surface area contributed by atoms with Gasteiger partial charge in [0, 0.05) is 19.0 Å². The molecule has 1 aliphatic rings. The van der Waals surface area contributed by atoms with Crippen LogP contribution in [-0.2, 0) is 0 Å². The van der Waals surface area contributed by atoms with Crippen molar-refractivity contribution in [1.29, 1.82) is 0 Å². The van der Waals surface area contributed by atoms with Crippen LogP contribution in [-0.4, -0.2) is 26.5 Å². The number of methoxy groups -OCH3 is 2. The van der Waals surface area contributed by atoms with Crippen molar-refractivity contribution in [2.75, 3.05) is 25.8 Å². The fourth-order valence-electron chi connectivity index (χ4n) is 2.94. The second kappa shape index (κ2) is 6.93. The van der Waals surface area contributed by atoms with Gasteiger partial charge in [-0.2, -0.15) is 5.10 Å². The Hall–Kier alpha value is -2.53. The van der Waals surface area contributed by atoms with E-state index in [1.165, 1.54) is 11.1 Å². The van der Waals surface area contributed by atoms with Gasteiger partial charge in [0.25, 0.3) is 0 Å². The van der Waals surface area contributed by atoms with Crippen LogP contribution >= 0.6 is 0 Å². The van der Waals surface area contributed by atoms with Gasteiger partial charge >= 0.3 is 0 Å². The molecule has 2 N–H and O–H groups in total. The number of aryl methyl sites for hydroxylation is 1. The second-order valence-electron chi connectivity index (χ2n) is 5.88. The zero-order valence-corrected chi connectivity index (χ0v) is 14.3. The molecule has 5 nitrogen and oxygen atoms in total. The summed E-state index contributed by atoms with van der Waals surface area (Å²) in [6.07, 6.45) is 0.805. The molecule has 1 aliphatic heterocycles. The Morgan fingerprint density at radius 1 is 1.12 bits per heavy atom. The smallest absolute Gasteiger partial charge is 0.144 e. The minimum Gasteiger partial charge on any atom is -0.497 e. The first kappa shape index (κ1) is 16.3. The lowest BCUT2D eigenvalue weighted by Gasteiger charge is -2.26. The predicted octanol–water partition coefficient (Wildman–Crippen LogP) is 3.28. The highest BCUT2D eigenvalue weighted by Crippen LogP contribution is 2.41. The maximum absolute atomic E-state index is 5.85. The highest BCUT2D eigenvalue weighted by Gasteiger charge is 2.30. The molecule has 5 heteroatoms. The summed E-state index contributed by atoms with van der Waals surface area (Å²) in [4.78, 5) is 0. The number of benzene rings is 2. The highest BCUT2D eigenvalue weighted by molar-refractivity contribution is 5.91. The number of nitrogens with two attached hydrogens (primary N) is 1. The van der Waals surface area contributed by atoms with Gasteiger partial charge in [0.05, 0.1) is 26.0 Å². The van der Waals surface area contributed by atoms with Crippen molar-refractivity contribution in [3.63, 3.8) is 0 Å². The molecular weight excluding hydrogens is 302 g/mol. The van der Waals surface area contributed by atoms with Gasteiger partial charge in [-0.1, -0.05) is 29.8 Å². The third kappa shape index (κ3) is 3.08. The van der Waals surface area contributed by atoms with E-state index in [9.17, 15) is 0 Å². The number of anilines is 1. The number of hydrogen-bond acceptors (Lipinski definition) is 5. The molecule has 0 aromatic heterocycles. The van der Waals surface area contributed by atoms with E-state index < -0.39 is 0 Å². The van der Waals surface area contributed by atoms with Crippen molar-refractivity contribution in [3.05, 3.63) is 53.6 Å². The van der Waals surface area contributed by atoms with Crippen LogP contribution in [0.4, 0.5) is 5.69 Å². The summed E-state index contributed by atoms with van der Waals surface area (Å²) < 4.78 is 10.9. The van der Waals surface area contributed by atoms with E-state index in [4.69, 9.17) is 20.3 Å². The summed E-state index contributed by atoms with van der Waals surface area (Å²) >= 11 is 0. The summed E-state index contributed by atoms with van der Waals surface area (Å²) in [5.41, 5.74) is 10.2. The number of hydrazone groups is 1. The summed E-state index contributed by atoms with van der Waals surface area (Å²) in [7, 11) is 3.32. The average molecular weight is 325 g/mol. The summed E-state index contributed by atoms with van der Waals surface area (Å²) in [5, 5.41) is 6.72. The van der Waals surface area contributed by atoms with E-state index in [-0.39, 0.29) is 6.04 Å². The molecule has 0 radical (unpaired) electrons. The van der Waals surface area contributed by atoms with E-state index in [1.807, 2.05) is 23.2 Å². The number of ether oxygens (including phenoxy) is 2. The summed E-state index contributed by atoms with van der Waals surface area (Å²) in [6, 6.07) is 14.4. The Bertz CT molecular complexity index is 741. The summed E-state index contributed by atoms with van der Waals surface area (Å²) in [5.74, 6) is 1.53. The van der Waals surface area contributed by atoms with Gasteiger partial charge in [0.2, 0.25) is 0 Å². The van der Waals surface area contributed by atoms with Crippen molar-refractivity contribution < 1.29 is 9.47 Å². The molecule has 0 saturated carbocycles. The molecule has 126 valence electrons. The second-order valence-corrected chi connectivity index (χ2v) is 5.88. The standard InChI is InChI=1S/C19H23N3O2/c1-13-4-6-14(7-5-13)17-10-15(12-20)21-22(17)18-11-16(23-2)8-9-19(18)24-3/h4-9,11,17H,10,12,20H2,1-3H3. The first-order chi connectivity index (χ1) is 11.7. The molecule has 24 heavy (non-hydrogen) atoms. The number of nitrogens with zero attached hydrogens (tertiary/aromatic N) is 2. The van der Waals surface area contributed by atoms with Crippen molar-refractivity contribution in [2.45, 2.75) is 19.4 Å². The van der Waals surface area contributed by atoms with Gasteiger partial charge in [0.1, 0.15) is 17.2 Å². The van der Waals surface area contributed by atoms with E-state index in [0.29, 0.717) is 6.54 Å². The van der Waals surface area contributed by atoms with E-state index in [1.54, 1.807) is 14.2 Å². The average Bonchev–Trinajstić information content (AvgIpc) is 3.06. The van der Waals surface area contributed by atoms with E-state index in [0.717, 1.165) is 29.3 Å². The topological polar surface area (TPSA) is 60.1 Å². The first-order valence-electron chi connectivity index (χ1n) is 8.00. The van der Waals surface area contributed by atoms with Gasteiger partial charge in [-0.3, -0.25) is 5.01 Å². The Balaban J connectivity index is 2.05. The lowest BCUT2D eigenvalue weighted by molar-refractivity contribution is 0.402. The van der Waals surface area contributed by atoms with Gasteiger partial charge in [0.15, 0.2) is 0 Å². The number of rotatable bonds is 5. The maximum atomic E-state index is 5.85. The molecule has 0 amide bonds. The van der Waals surface area contributed by atoms with Gasteiger partial charge in [-0.05, 0) is 24.6 Å². The minimum atomic E-state index is 0.102. The molecule has 1 unspecified atom stereocenters. The molecule has 0 spiro atoms. The third-order valence-corrected chi connectivity index (χ3v) is 4.30.